The second-order valence-electron chi connectivity index (χ2n) is 7.12. The highest BCUT2D eigenvalue weighted by atomic mass is 19.1. The molecule has 31 heavy (non-hydrogen) atoms. The maximum Gasteiger partial charge on any atom is 0.244 e. The quantitative estimate of drug-likeness (QED) is 0.647. The van der Waals surface area contributed by atoms with Gasteiger partial charge in [-0.3, -0.25) is 9.48 Å². The van der Waals surface area contributed by atoms with E-state index in [1.807, 2.05) is 6.92 Å². The molecule has 1 aromatic carbocycles. The highest BCUT2D eigenvalue weighted by Crippen LogP contribution is 2.27. The first-order chi connectivity index (χ1) is 15.0. The van der Waals surface area contributed by atoms with E-state index >= 15 is 0 Å². The Balaban J connectivity index is 1.47. The molecule has 1 aliphatic heterocycles. The molecular formula is C21H23FN6O3. The molecular weight excluding hydrogens is 403 g/mol. The summed E-state index contributed by atoms with van der Waals surface area (Å²) in [7, 11) is 1.42. The van der Waals surface area contributed by atoms with Gasteiger partial charge in [-0.25, -0.2) is 14.4 Å². The van der Waals surface area contributed by atoms with E-state index in [4.69, 9.17) is 9.47 Å². The van der Waals surface area contributed by atoms with E-state index in [1.165, 1.54) is 13.2 Å². The number of nitrogens with one attached hydrogen (secondary N) is 1. The van der Waals surface area contributed by atoms with Gasteiger partial charge in [0.2, 0.25) is 11.9 Å². The lowest BCUT2D eigenvalue weighted by molar-refractivity contribution is -0.136. The van der Waals surface area contributed by atoms with Crippen LogP contribution in [0.15, 0.2) is 36.8 Å². The summed E-state index contributed by atoms with van der Waals surface area (Å²) in [6.45, 7) is 4.31. The molecule has 0 unspecified atom stereocenters. The maximum atomic E-state index is 14.1. The average molecular weight is 426 g/mol. The first kappa shape index (κ1) is 20.7. The Hall–Kier alpha value is -3.53. The zero-order valence-corrected chi connectivity index (χ0v) is 17.3. The molecule has 0 spiro atoms. The molecule has 1 amide bonds. The van der Waals surface area contributed by atoms with Crippen molar-refractivity contribution >= 4 is 17.5 Å². The molecule has 0 saturated carbocycles. The highest BCUT2D eigenvalue weighted by Gasteiger charge is 2.17. The molecule has 10 heteroatoms. The van der Waals surface area contributed by atoms with Crippen molar-refractivity contribution in [2.24, 2.45) is 0 Å². The van der Waals surface area contributed by atoms with Gasteiger partial charge in [-0.2, -0.15) is 5.10 Å². The smallest absolute Gasteiger partial charge is 0.244 e. The van der Waals surface area contributed by atoms with Crippen LogP contribution in [-0.4, -0.2) is 64.0 Å². The topological polar surface area (TPSA) is 94.4 Å². The number of aromatic nitrogens is 4. The van der Waals surface area contributed by atoms with Crippen LogP contribution in [0, 0.1) is 12.7 Å². The number of hydrogen-bond acceptors (Lipinski definition) is 7. The van der Waals surface area contributed by atoms with Crippen molar-refractivity contribution in [1.29, 1.82) is 0 Å². The fraction of sp³-hybridized carbons (Fsp3) is 0.333. The van der Waals surface area contributed by atoms with Crippen molar-refractivity contribution in [2.45, 2.75) is 13.5 Å². The number of halogens is 1. The summed E-state index contributed by atoms with van der Waals surface area (Å²) in [4.78, 5) is 23.0. The number of hydrogen-bond donors (Lipinski definition) is 1. The summed E-state index contributed by atoms with van der Waals surface area (Å²) in [6, 6.07) is 4.69. The van der Waals surface area contributed by atoms with Crippen molar-refractivity contribution in [1.82, 2.24) is 24.6 Å². The van der Waals surface area contributed by atoms with Gasteiger partial charge in [0.15, 0.2) is 11.6 Å². The minimum Gasteiger partial charge on any atom is -0.494 e. The molecule has 4 rings (SSSR count). The number of carbonyl (C=O) groups excluding carboxylic acids is 1. The molecule has 3 aromatic rings. The van der Waals surface area contributed by atoms with E-state index in [0.29, 0.717) is 49.2 Å². The molecule has 1 fully saturated rings. The lowest BCUT2D eigenvalue weighted by Crippen LogP contribution is -2.42. The molecule has 0 radical (unpaired) electrons. The predicted octanol–water partition coefficient (Wildman–Crippen LogP) is 2.40. The van der Waals surface area contributed by atoms with E-state index in [1.54, 1.807) is 40.3 Å². The van der Waals surface area contributed by atoms with Gasteiger partial charge < -0.3 is 19.7 Å². The fourth-order valence-corrected chi connectivity index (χ4v) is 3.30. The zero-order chi connectivity index (χ0) is 21.8. The third kappa shape index (κ3) is 4.80. The van der Waals surface area contributed by atoms with Crippen LogP contribution in [0.3, 0.4) is 0 Å². The van der Waals surface area contributed by atoms with Crippen molar-refractivity contribution in [2.75, 3.05) is 38.7 Å². The predicted molar refractivity (Wildman–Crippen MR) is 112 cm³/mol. The van der Waals surface area contributed by atoms with E-state index in [2.05, 4.69) is 20.4 Å². The fourth-order valence-electron chi connectivity index (χ4n) is 3.30. The Morgan fingerprint density at radius 1 is 1.29 bits per heavy atom. The Bertz CT molecular complexity index is 1080. The first-order valence-electron chi connectivity index (χ1n) is 9.86. The van der Waals surface area contributed by atoms with Gasteiger partial charge in [-0.1, -0.05) is 0 Å². The lowest BCUT2D eigenvalue weighted by Gasteiger charge is -2.26. The van der Waals surface area contributed by atoms with Crippen molar-refractivity contribution < 1.29 is 18.7 Å². The van der Waals surface area contributed by atoms with Crippen LogP contribution in [0.2, 0.25) is 0 Å². The number of morpholine rings is 1. The number of aryl methyl sites for hydroxylation is 1. The number of benzene rings is 1. The molecule has 0 bridgehead atoms. The number of carbonyl (C=O) groups is 1. The lowest BCUT2D eigenvalue weighted by atomic mass is 10.1. The van der Waals surface area contributed by atoms with Gasteiger partial charge in [-0.05, 0) is 30.7 Å². The minimum absolute atomic E-state index is 0.00615. The van der Waals surface area contributed by atoms with Crippen LogP contribution < -0.4 is 10.1 Å². The van der Waals surface area contributed by atoms with Crippen molar-refractivity contribution in [3.05, 3.63) is 48.2 Å². The number of nitrogens with zero attached hydrogens (tertiary/aromatic N) is 5. The summed E-state index contributed by atoms with van der Waals surface area (Å²) in [6.07, 6.45) is 4.98. The summed E-state index contributed by atoms with van der Waals surface area (Å²) in [5, 5.41) is 7.32. The number of anilines is 2. The van der Waals surface area contributed by atoms with E-state index in [-0.39, 0.29) is 18.2 Å². The van der Waals surface area contributed by atoms with Crippen molar-refractivity contribution in [3.63, 3.8) is 0 Å². The summed E-state index contributed by atoms with van der Waals surface area (Å²) >= 11 is 0. The SMILES string of the molecule is COc1ccc(-c2nc(Nc3cnn(CC(=O)N4CCOCC4)c3)ncc2C)cc1F. The zero-order valence-electron chi connectivity index (χ0n) is 17.3. The van der Waals surface area contributed by atoms with Gasteiger partial charge in [0.1, 0.15) is 6.54 Å². The first-order valence-corrected chi connectivity index (χ1v) is 9.86. The number of methoxy groups -OCH3 is 1. The third-order valence-corrected chi connectivity index (χ3v) is 4.95. The summed E-state index contributed by atoms with van der Waals surface area (Å²) < 4.78 is 25.9. The minimum atomic E-state index is -0.460. The molecule has 0 aliphatic carbocycles. The van der Waals surface area contributed by atoms with Gasteiger partial charge in [0.25, 0.3) is 0 Å². The van der Waals surface area contributed by atoms with Gasteiger partial charge in [0.05, 0.1) is 37.9 Å². The van der Waals surface area contributed by atoms with E-state index < -0.39 is 5.82 Å². The summed E-state index contributed by atoms with van der Waals surface area (Å²) in [5.41, 5.74) is 2.68. The van der Waals surface area contributed by atoms with Gasteiger partial charge in [-0.15, -0.1) is 0 Å². The van der Waals surface area contributed by atoms with Crippen LogP contribution in [0.5, 0.6) is 5.75 Å². The Kier molecular flexibility index (Phi) is 6.08. The normalized spacial score (nSPS) is 13.8. The molecule has 0 atom stereocenters. The number of rotatable bonds is 6. The maximum absolute atomic E-state index is 14.1. The molecule has 1 N–H and O–H groups in total. The van der Waals surface area contributed by atoms with Crippen LogP contribution in [0.25, 0.3) is 11.3 Å². The number of amides is 1. The Morgan fingerprint density at radius 2 is 2.10 bits per heavy atom. The largest absolute Gasteiger partial charge is 0.494 e. The average Bonchev–Trinajstić information content (AvgIpc) is 3.22. The standard InChI is InChI=1S/C21H23FN6O3/c1-14-10-23-21(26-20(14)15-3-4-18(30-2)17(22)9-15)25-16-11-24-28(12-16)13-19(29)27-5-7-31-8-6-27/h3-4,9-12H,5-8,13H2,1-2H3,(H,23,25,26). The van der Waals surface area contributed by atoms with Gasteiger partial charge in [0, 0.05) is 31.0 Å². The molecule has 1 saturated heterocycles. The molecule has 9 nitrogen and oxygen atoms in total. The highest BCUT2D eigenvalue weighted by molar-refractivity contribution is 5.76. The molecule has 2 aromatic heterocycles. The molecule has 162 valence electrons. The monoisotopic (exact) mass is 426 g/mol. The second kappa shape index (κ2) is 9.09. The second-order valence-corrected chi connectivity index (χ2v) is 7.12. The number of ether oxygens (including phenoxy) is 2. The van der Waals surface area contributed by atoms with E-state index in [9.17, 15) is 9.18 Å². The van der Waals surface area contributed by atoms with Crippen molar-refractivity contribution in [3.8, 4) is 17.0 Å². The van der Waals surface area contributed by atoms with Crippen LogP contribution in [0.1, 0.15) is 5.56 Å². The summed E-state index contributed by atoms with van der Waals surface area (Å²) in [5.74, 6) is 0.0517. The Labute approximate surface area is 178 Å². The molecule has 1 aliphatic rings. The third-order valence-electron chi connectivity index (χ3n) is 4.95. The van der Waals surface area contributed by atoms with E-state index in [0.717, 1.165) is 5.56 Å². The van der Waals surface area contributed by atoms with Crippen LogP contribution in [0.4, 0.5) is 16.0 Å². The molecule has 3 heterocycles. The van der Waals surface area contributed by atoms with Crippen LogP contribution >= 0.6 is 0 Å². The van der Waals surface area contributed by atoms with Gasteiger partial charge >= 0.3 is 0 Å². The Morgan fingerprint density at radius 3 is 2.84 bits per heavy atom. The van der Waals surface area contributed by atoms with Crippen LogP contribution in [-0.2, 0) is 16.1 Å².